The molecule has 7 nitrogen and oxygen atoms in total. The van der Waals surface area contributed by atoms with E-state index in [1.165, 1.54) is 11.1 Å². The van der Waals surface area contributed by atoms with Crippen molar-refractivity contribution >= 4 is 38.7 Å². The van der Waals surface area contributed by atoms with Gasteiger partial charge in [0.25, 0.3) is 0 Å². The molecule has 0 spiro atoms. The Morgan fingerprint density at radius 1 is 0.974 bits per heavy atom. The number of nitrogens with zero attached hydrogens (tertiary/aromatic N) is 3. The molecule has 2 aromatic carbocycles. The third-order valence-corrected chi connectivity index (χ3v) is 8.07. The quantitative estimate of drug-likeness (QED) is 0.305. The van der Waals surface area contributed by atoms with E-state index in [0.29, 0.717) is 10.8 Å². The molecule has 3 heterocycles. The highest BCUT2D eigenvalue weighted by atomic mass is 32.2. The van der Waals surface area contributed by atoms with Gasteiger partial charge in [-0.3, -0.25) is 9.71 Å². The number of hydrogen-bond acceptors (Lipinski definition) is 4. The van der Waals surface area contributed by atoms with Crippen LogP contribution in [0.15, 0.2) is 72.9 Å². The van der Waals surface area contributed by atoms with Crippen molar-refractivity contribution in [2.45, 2.75) is 39.8 Å². The molecule has 0 bridgehead atoms. The maximum atomic E-state index is 11.7. The van der Waals surface area contributed by atoms with E-state index in [0.717, 1.165) is 40.3 Å². The van der Waals surface area contributed by atoms with Gasteiger partial charge in [0.2, 0.25) is 10.0 Å². The standard InChI is InChI=1S/C29H31N5O2S2/c1-18-9-8-11-26(20(18)3)33-19(2)17-24(21(33)4)28-27(25-10-6-7-16-30-25)31-29(37)34(28)23-14-12-22(13-15-23)32-38(5,35)36/h6-17,27-28,32H,1-5H3,(H,31,37)/t27-,28+/m0/s1. The summed E-state index contributed by atoms with van der Waals surface area (Å²) in [7, 11) is -3.37. The van der Waals surface area contributed by atoms with Crippen LogP contribution in [0.3, 0.4) is 0 Å². The Labute approximate surface area is 229 Å². The van der Waals surface area contributed by atoms with E-state index in [9.17, 15) is 8.42 Å². The minimum atomic E-state index is -3.37. The molecule has 2 atom stereocenters. The molecule has 0 aliphatic carbocycles. The number of rotatable bonds is 6. The van der Waals surface area contributed by atoms with Crippen LogP contribution in [0.2, 0.25) is 0 Å². The maximum absolute atomic E-state index is 11.7. The monoisotopic (exact) mass is 545 g/mol. The summed E-state index contributed by atoms with van der Waals surface area (Å²) in [6.07, 6.45) is 2.93. The summed E-state index contributed by atoms with van der Waals surface area (Å²) in [5.41, 5.74) is 9.33. The number of sulfonamides is 1. The highest BCUT2D eigenvalue weighted by molar-refractivity contribution is 7.92. The average molecular weight is 546 g/mol. The largest absolute Gasteiger partial charge is 0.351 e. The molecule has 1 aliphatic rings. The highest BCUT2D eigenvalue weighted by Gasteiger charge is 2.42. The lowest BCUT2D eigenvalue weighted by Crippen LogP contribution is -2.29. The predicted octanol–water partition coefficient (Wildman–Crippen LogP) is 5.65. The molecule has 38 heavy (non-hydrogen) atoms. The fraction of sp³-hybridized carbons (Fsp3) is 0.241. The van der Waals surface area contributed by atoms with E-state index in [-0.39, 0.29) is 12.1 Å². The van der Waals surface area contributed by atoms with Crippen molar-refractivity contribution in [3.05, 3.63) is 107 Å². The van der Waals surface area contributed by atoms with Crippen molar-refractivity contribution in [3.63, 3.8) is 0 Å². The number of aryl methyl sites for hydroxylation is 2. The molecule has 1 saturated heterocycles. The van der Waals surface area contributed by atoms with Crippen LogP contribution in [0.1, 0.15) is 45.9 Å². The molecule has 1 fully saturated rings. The van der Waals surface area contributed by atoms with Crippen molar-refractivity contribution in [2.24, 2.45) is 0 Å². The second kappa shape index (κ2) is 9.89. The molecule has 1 aliphatic heterocycles. The summed E-state index contributed by atoms with van der Waals surface area (Å²) >= 11 is 5.88. The van der Waals surface area contributed by atoms with Crippen LogP contribution in [0, 0.1) is 27.7 Å². The third-order valence-electron chi connectivity index (χ3n) is 7.15. The highest BCUT2D eigenvalue weighted by Crippen LogP contribution is 2.44. The van der Waals surface area contributed by atoms with E-state index in [2.05, 4.69) is 76.5 Å². The molecular formula is C29H31N5O2S2. The summed E-state index contributed by atoms with van der Waals surface area (Å²) in [6, 6.07) is 21.5. The van der Waals surface area contributed by atoms with Crippen molar-refractivity contribution < 1.29 is 8.42 Å². The van der Waals surface area contributed by atoms with Crippen LogP contribution >= 0.6 is 12.2 Å². The van der Waals surface area contributed by atoms with Gasteiger partial charge >= 0.3 is 0 Å². The predicted molar refractivity (Wildman–Crippen MR) is 158 cm³/mol. The lowest BCUT2D eigenvalue weighted by Gasteiger charge is -2.28. The minimum Gasteiger partial charge on any atom is -0.351 e. The van der Waals surface area contributed by atoms with E-state index < -0.39 is 10.0 Å². The molecule has 0 amide bonds. The van der Waals surface area contributed by atoms with Crippen molar-refractivity contribution in [1.82, 2.24) is 14.9 Å². The Hall–Kier alpha value is -3.69. The summed E-state index contributed by atoms with van der Waals surface area (Å²) in [5, 5.41) is 4.10. The van der Waals surface area contributed by atoms with Gasteiger partial charge in [0.1, 0.15) is 0 Å². The number of hydrogen-bond donors (Lipinski definition) is 2. The first-order chi connectivity index (χ1) is 18.0. The van der Waals surface area contributed by atoms with E-state index in [1.54, 1.807) is 18.3 Å². The first-order valence-electron chi connectivity index (χ1n) is 12.4. The van der Waals surface area contributed by atoms with Crippen LogP contribution in [-0.2, 0) is 10.0 Å². The van der Waals surface area contributed by atoms with Gasteiger partial charge < -0.3 is 14.8 Å². The van der Waals surface area contributed by atoms with E-state index in [4.69, 9.17) is 12.2 Å². The zero-order valence-electron chi connectivity index (χ0n) is 22.1. The molecule has 2 aromatic heterocycles. The topological polar surface area (TPSA) is 79.3 Å². The van der Waals surface area contributed by atoms with Crippen LogP contribution in [-0.4, -0.2) is 29.3 Å². The number of pyridine rings is 1. The summed E-state index contributed by atoms with van der Waals surface area (Å²) in [4.78, 5) is 6.77. The molecular weight excluding hydrogens is 514 g/mol. The van der Waals surface area contributed by atoms with Crippen molar-refractivity contribution in [2.75, 3.05) is 15.9 Å². The Morgan fingerprint density at radius 2 is 1.71 bits per heavy atom. The van der Waals surface area contributed by atoms with Gasteiger partial charge in [-0.1, -0.05) is 18.2 Å². The molecule has 5 rings (SSSR count). The van der Waals surface area contributed by atoms with Crippen LogP contribution in [0.4, 0.5) is 11.4 Å². The van der Waals surface area contributed by atoms with Gasteiger partial charge in [0, 0.05) is 34.6 Å². The second-order valence-electron chi connectivity index (χ2n) is 9.80. The van der Waals surface area contributed by atoms with Gasteiger partial charge in [-0.05, 0) is 105 Å². The minimum absolute atomic E-state index is 0.170. The molecule has 0 saturated carbocycles. The van der Waals surface area contributed by atoms with Crippen LogP contribution in [0.25, 0.3) is 5.69 Å². The lowest BCUT2D eigenvalue weighted by atomic mass is 9.96. The number of benzene rings is 2. The molecule has 0 unspecified atom stereocenters. The second-order valence-corrected chi connectivity index (χ2v) is 11.9. The Kier molecular flexibility index (Phi) is 6.75. The fourth-order valence-corrected chi connectivity index (χ4v) is 6.20. The molecule has 2 N–H and O–H groups in total. The number of thiocarbonyl (C=S) groups is 1. The first kappa shape index (κ1) is 25.9. The molecule has 0 radical (unpaired) electrons. The number of nitrogens with one attached hydrogen (secondary N) is 2. The molecule has 4 aromatic rings. The van der Waals surface area contributed by atoms with Gasteiger partial charge in [-0.15, -0.1) is 0 Å². The van der Waals surface area contributed by atoms with Crippen molar-refractivity contribution in [1.29, 1.82) is 0 Å². The zero-order chi connectivity index (χ0) is 27.2. The Bertz CT molecular complexity index is 1610. The maximum Gasteiger partial charge on any atom is 0.229 e. The summed E-state index contributed by atoms with van der Waals surface area (Å²) in [5.74, 6) is 0. The van der Waals surface area contributed by atoms with Crippen LogP contribution in [0.5, 0.6) is 0 Å². The van der Waals surface area contributed by atoms with Gasteiger partial charge in [0.15, 0.2) is 5.11 Å². The average Bonchev–Trinajstić information content (AvgIpc) is 3.36. The summed E-state index contributed by atoms with van der Waals surface area (Å²) < 4.78 is 28.2. The SMILES string of the molecule is Cc1cccc(-n2c(C)cc([C@@H]3[C@H](c4ccccn4)NC(=S)N3c3ccc(NS(C)(=O)=O)cc3)c2C)c1C. The molecule has 196 valence electrons. The Balaban J connectivity index is 1.65. The Morgan fingerprint density at radius 3 is 2.37 bits per heavy atom. The smallest absolute Gasteiger partial charge is 0.229 e. The normalized spacial score (nSPS) is 17.5. The fourth-order valence-electron chi connectivity index (χ4n) is 5.29. The number of anilines is 2. The van der Waals surface area contributed by atoms with Gasteiger partial charge in [0.05, 0.1) is 24.0 Å². The van der Waals surface area contributed by atoms with Crippen LogP contribution < -0.4 is 14.9 Å². The molecule has 9 heteroatoms. The van der Waals surface area contributed by atoms with E-state index >= 15 is 0 Å². The number of aromatic nitrogens is 2. The first-order valence-corrected chi connectivity index (χ1v) is 14.7. The van der Waals surface area contributed by atoms with Gasteiger partial charge in [-0.2, -0.15) is 0 Å². The van der Waals surface area contributed by atoms with Crippen molar-refractivity contribution in [3.8, 4) is 5.69 Å². The lowest BCUT2D eigenvalue weighted by molar-refractivity contribution is 0.565. The third kappa shape index (κ3) is 4.79. The van der Waals surface area contributed by atoms with E-state index in [1.807, 2.05) is 30.3 Å². The summed E-state index contributed by atoms with van der Waals surface area (Å²) in [6.45, 7) is 8.57. The zero-order valence-corrected chi connectivity index (χ0v) is 23.7. The van der Waals surface area contributed by atoms with Gasteiger partial charge in [-0.25, -0.2) is 8.42 Å².